The average molecular weight is 351 g/mol. The molecule has 7 nitrogen and oxygen atoms in total. The van der Waals surface area contributed by atoms with Crippen LogP contribution in [0.3, 0.4) is 0 Å². The topological polar surface area (TPSA) is 94.3 Å². The van der Waals surface area contributed by atoms with Gasteiger partial charge in [0.2, 0.25) is 5.89 Å². The molecule has 0 aliphatic heterocycles. The minimum atomic E-state index is -0.563. The third-order valence-electron chi connectivity index (χ3n) is 3.64. The van der Waals surface area contributed by atoms with Crippen molar-refractivity contribution < 1.29 is 18.7 Å². The number of anilines is 1. The Morgan fingerprint density at radius 2 is 1.85 bits per heavy atom. The Hall–Kier alpha value is -3.48. The molecule has 132 valence electrons. The number of esters is 1. The van der Waals surface area contributed by atoms with Crippen molar-refractivity contribution in [2.75, 3.05) is 11.9 Å². The summed E-state index contributed by atoms with van der Waals surface area (Å²) in [7, 11) is 0. The molecular formula is C19H17N3O4. The van der Waals surface area contributed by atoms with Gasteiger partial charge in [-0.25, -0.2) is 4.79 Å². The number of nitrogens with one attached hydrogen (secondary N) is 1. The van der Waals surface area contributed by atoms with Crippen molar-refractivity contribution in [2.24, 2.45) is 0 Å². The van der Waals surface area contributed by atoms with E-state index in [1.807, 2.05) is 49.4 Å². The molecule has 1 aromatic heterocycles. The van der Waals surface area contributed by atoms with E-state index < -0.39 is 18.5 Å². The van der Waals surface area contributed by atoms with Crippen molar-refractivity contribution in [2.45, 2.75) is 13.8 Å². The van der Waals surface area contributed by atoms with Crippen LogP contribution in [0.25, 0.3) is 11.5 Å². The maximum atomic E-state index is 12.1. The van der Waals surface area contributed by atoms with E-state index in [0.29, 0.717) is 5.56 Å². The van der Waals surface area contributed by atoms with Crippen molar-refractivity contribution in [1.29, 1.82) is 0 Å². The molecule has 26 heavy (non-hydrogen) atoms. The van der Waals surface area contributed by atoms with Gasteiger partial charge < -0.3 is 9.15 Å². The van der Waals surface area contributed by atoms with Crippen LogP contribution in [-0.4, -0.2) is 28.7 Å². The fourth-order valence-electron chi connectivity index (χ4n) is 2.29. The Balaban J connectivity index is 1.57. The maximum Gasteiger partial charge on any atom is 0.338 e. The summed E-state index contributed by atoms with van der Waals surface area (Å²) in [5, 5.41) is 10.0. The summed E-state index contributed by atoms with van der Waals surface area (Å²) < 4.78 is 10.4. The van der Waals surface area contributed by atoms with Gasteiger partial charge in [-0.05, 0) is 37.6 Å². The molecule has 0 spiro atoms. The molecule has 0 unspecified atom stereocenters. The Kier molecular flexibility index (Phi) is 5.07. The summed E-state index contributed by atoms with van der Waals surface area (Å²) >= 11 is 0. The highest BCUT2D eigenvalue weighted by Crippen LogP contribution is 2.19. The molecule has 0 aliphatic carbocycles. The van der Waals surface area contributed by atoms with Crippen molar-refractivity contribution in [3.05, 3.63) is 65.2 Å². The van der Waals surface area contributed by atoms with Crippen molar-refractivity contribution in [3.8, 4) is 11.5 Å². The summed E-state index contributed by atoms with van der Waals surface area (Å²) in [5.41, 5.74) is 2.89. The van der Waals surface area contributed by atoms with Gasteiger partial charge in [0.15, 0.2) is 6.61 Å². The fourth-order valence-corrected chi connectivity index (χ4v) is 2.29. The molecule has 0 radical (unpaired) electrons. The summed E-state index contributed by atoms with van der Waals surface area (Å²) in [6, 6.07) is 14.6. The molecule has 1 N–H and O–H groups in total. The highest BCUT2D eigenvalue weighted by atomic mass is 16.5. The quantitative estimate of drug-likeness (QED) is 0.710. The van der Waals surface area contributed by atoms with Crippen LogP contribution in [0.1, 0.15) is 21.5 Å². The summed E-state index contributed by atoms with van der Waals surface area (Å²) in [4.78, 5) is 24.0. The van der Waals surface area contributed by atoms with Crippen LogP contribution in [0.4, 0.5) is 6.01 Å². The predicted molar refractivity (Wildman–Crippen MR) is 94.6 cm³/mol. The number of ether oxygens (including phenoxy) is 1. The van der Waals surface area contributed by atoms with E-state index in [4.69, 9.17) is 9.15 Å². The van der Waals surface area contributed by atoms with Gasteiger partial charge in [-0.15, -0.1) is 5.10 Å². The molecule has 0 aliphatic rings. The Bertz CT molecular complexity index is 935. The van der Waals surface area contributed by atoms with Crippen molar-refractivity contribution >= 4 is 17.9 Å². The number of benzene rings is 2. The number of aromatic nitrogens is 2. The first kappa shape index (κ1) is 17.3. The van der Waals surface area contributed by atoms with Crippen LogP contribution >= 0.6 is 0 Å². The smallest absolute Gasteiger partial charge is 0.338 e. The van der Waals surface area contributed by atoms with E-state index in [2.05, 4.69) is 15.5 Å². The van der Waals surface area contributed by atoms with Crippen LogP contribution in [0.2, 0.25) is 0 Å². The third kappa shape index (κ3) is 4.13. The van der Waals surface area contributed by atoms with E-state index in [-0.39, 0.29) is 11.9 Å². The molecular weight excluding hydrogens is 334 g/mol. The SMILES string of the molecule is Cc1ccc(C)c(C(=O)OCC(=O)Nc2nnc(-c3ccccc3)o2)c1. The molecule has 1 heterocycles. The van der Waals surface area contributed by atoms with Gasteiger partial charge in [0.1, 0.15) is 0 Å². The second-order valence-corrected chi connectivity index (χ2v) is 5.72. The number of amides is 1. The second-order valence-electron chi connectivity index (χ2n) is 5.72. The largest absolute Gasteiger partial charge is 0.452 e. The van der Waals surface area contributed by atoms with Gasteiger partial charge in [-0.1, -0.05) is 41.0 Å². The summed E-state index contributed by atoms with van der Waals surface area (Å²) in [6.07, 6.45) is 0. The first-order chi connectivity index (χ1) is 12.5. The van der Waals surface area contributed by atoms with E-state index in [0.717, 1.165) is 16.7 Å². The second kappa shape index (κ2) is 7.60. The van der Waals surface area contributed by atoms with Gasteiger partial charge in [0.25, 0.3) is 5.91 Å². The van der Waals surface area contributed by atoms with Crippen LogP contribution in [0.15, 0.2) is 52.9 Å². The lowest BCUT2D eigenvalue weighted by Gasteiger charge is -2.07. The Labute approximate surface area is 150 Å². The number of carbonyl (C=O) groups excluding carboxylic acids is 2. The molecule has 0 saturated carbocycles. The summed E-state index contributed by atoms with van der Waals surface area (Å²) in [5.74, 6) is -0.836. The molecule has 7 heteroatoms. The molecule has 0 fully saturated rings. The highest BCUT2D eigenvalue weighted by Gasteiger charge is 2.15. The zero-order valence-electron chi connectivity index (χ0n) is 14.4. The van der Waals surface area contributed by atoms with Crippen LogP contribution < -0.4 is 5.32 Å². The van der Waals surface area contributed by atoms with E-state index >= 15 is 0 Å². The predicted octanol–water partition coefficient (Wildman–Crippen LogP) is 3.15. The zero-order valence-corrected chi connectivity index (χ0v) is 14.4. The minimum Gasteiger partial charge on any atom is -0.452 e. The monoisotopic (exact) mass is 351 g/mol. The number of rotatable bonds is 5. The van der Waals surface area contributed by atoms with E-state index in [1.165, 1.54) is 0 Å². The van der Waals surface area contributed by atoms with Gasteiger partial charge in [-0.2, -0.15) is 0 Å². The lowest BCUT2D eigenvalue weighted by molar-refractivity contribution is -0.119. The number of aryl methyl sites for hydroxylation is 2. The van der Waals surface area contributed by atoms with Crippen LogP contribution in [-0.2, 0) is 9.53 Å². The van der Waals surface area contributed by atoms with Gasteiger partial charge >= 0.3 is 12.0 Å². The molecule has 0 saturated heterocycles. The highest BCUT2D eigenvalue weighted by molar-refractivity contribution is 5.95. The van der Waals surface area contributed by atoms with E-state index in [1.54, 1.807) is 13.0 Å². The third-order valence-corrected chi connectivity index (χ3v) is 3.64. The average Bonchev–Trinajstić information content (AvgIpc) is 3.11. The number of carbonyl (C=O) groups is 2. The molecule has 3 aromatic rings. The fraction of sp³-hybridized carbons (Fsp3) is 0.158. The lowest BCUT2D eigenvalue weighted by Crippen LogP contribution is -2.21. The van der Waals surface area contributed by atoms with Gasteiger partial charge in [0.05, 0.1) is 5.56 Å². The molecule has 3 rings (SSSR count). The normalized spacial score (nSPS) is 10.4. The summed E-state index contributed by atoms with van der Waals surface area (Å²) in [6.45, 7) is 3.23. The lowest BCUT2D eigenvalue weighted by atomic mass is 10.1. The molecule has 1 amide bonds. The number of hydrogen-bond donors (Lipinski definition) is 1. The van der Waals surface area contributed by atoms with Gasteiger partial charge in [-0.3, -0.25) is 10.1 Å². The van der Waals surface area contributed by atoms with E-state index in [9.17, 15) is 9.59 Å². The zero-order chi connectivity index (χ0) is 18.5. The van der Waals surface area contributed by atoms with Crippen molar-refractivity contribution in [1.82, 2.24) is 10.2 Å². The van der Waals surface area contributed by atoms with Gasteiger partial charge in [0, 0.05) is 5.56 Å². The number of hydrogen-bond acceptors (Lipinski definition) is 6. The minimum absolute atomic E-state index is 0.0587. The molecule has 0 bridgehead atoms. The molecule has 2 aromatic carbocycles. The van der Waals surface area contributed by atoms with Crippen molar-refractivity contribution in [3.63, 3.8) is 0 Å². The van der Waals surface area contributed by atoms with Crippen LogP contribution in [0.5, 0.6) is 0 Å². The first-order valence-electron chi connectivity index (χ1n) is 7.96. The Morgan fingerprint density at radius 1 is 1.08 bits per heavy atom. The molecule has 0 atom stereocenters. The standard InChI is InChI=1S/C19H17N3O4/c1-12-8-9-13(2)15(10-12)18(24)25-11-16(23)20-19-22-21-17(26-19)14-6-4-3-5-7-14/h3-10H,11H2,1-2H3,(H,20,22,23). The Morgan fingerprint density at radius 3 is 2.62 bits per heavy atom. The maximum absolute atomic E-state index is 12.1. The number of nitrogens with zero attached hydrogens (tertiary/aromatic N) is 2. The first-order valence-corrected chi connectivity index (χ1v) is 7.96. The van der Waals surface area contributed by atoms with Crippen LogP contribution in [0, 0.1) is 13.8 Å².